The van der Waals surface area contributed by atoms with Gasteiger partial charge in [0.15, 0.2) is 0 Å². The lowest BCUT2D eigenvalue weighted by atomic mass is 9.82. The summed E-state index contributed by atoms with van der Waals surface area (Å²) in [6.45, 7) is 8.37. The maximum atomic E-state index is 12.5. The summed E-state index contributed by atoms with van der Waals surface area (Å²) in [6, 6.07) is 5.77. The predicted molar refractivity (Wildman–Crippen MR) is 81.2 cm³/mol. The zero-order chi connectivity index (χ0) is 14.6. The Hall–Kier alpha value is -1.55. The minimum absolute atomic E-state index is 0.0944. The number of amides is 1. The average molecular weight is 276 g/mol. The number of ether oxygens (including phenoxy) is 1. The highest BCUT2D eigenvalue weighted by Gasteiger charge is 2.34. The van der Waals surface area contributed by atoms with Crippen molar-refractivity contribution >= 4 is 11.6 Å². The first-order valence-electron chi connectivity index (χ1n) is 7.31. The second-order valence-electron chi connectivity index (χ2n) is 5.70. The van der Waals surface area contributed by atoms with Crippen molar-refractivity contribution in [3.63, 3.8) is 0 Å². The summed E-state index contributed by atoms with van der Waals surface area (Å²) in [5.41, 5.74) is 1.57. The molecule has 110 valence electrons. The topological polar surface area (TPSA) is 50.4 Å². The summed E-state index contributed by atoms with van der Waals surface area (Å²) >= 11 is 0. The standard InChI is InChI=1S/C16H24N2O2/c1-4-20-13-6-7-14(12(2)10-13)18-15(19)16(3)8-5-9-17-11-16/h6-7,10,17H,4-5,8-9,11H2,1-3H3,(H,18,19). The van der Waals surface area contributed by atoms with E-state index in [1.807, 2.05) is 39.0 Å². The first-order chi connectivity index (χ1) is 9.55. The highest BCUT2D eigenvalue weighted by atomic mass is 16.5. The molecule has 0 aromatic heterocycles. The summed E-state index contributed by atoms with van der Waals surface area (Å²) in [6.07, 6.45) is 1.98. The molecule has 1 amide bonds. The molecule has 1 heterocycles. The number of nitrogens with one attached hydrogen (secondary N) is 2. The average Bonchev–Trinajstić information content (AvgIpc) is 2.43. The van der Waals surface area contributed by atoms with E-state index in [1.165, 1.54) is 0 Å². The maximum Gasteiger partial charge on any atom is 0.231 e. The lowest BCUT2D eigenvalue weighted by Gasteiger charge is -2.32. The summed E-state index contributed by atoms with van der Waals surface area (Å²) in [4.78, 5) is 12.5. The smallest absolute Gasteiger partial charge is 0.231 e. The molecule has 1 atom stereocenters. The molecule has 4 nitrogen and oxygen atoms in total. The number of aryl methyl sites for hydroxylation is 1. The largest absolute Gasteiger partial charge is 0.494 e. The third-order valence-corrected chi connectivity index (χ3v) is 3.90. The van der Waals surface area contributed by atoms with Crippen LogP contribution >= 0.6 is 0 Å². The molecule has 1 aromatic rings. The van der Waals surface area contributed by atoms with Gasteiger partial charge in [-0.3, -0.25) is 4.79 Å². The number of anilines is 1. The van der Waals surface area contributed by atoms with E-state index in [2.05, 4.69) is 10.6 Å². The third kappa shape index (κ3) is 3.31. The Morgan fingerprint density at radius 1 is 1.50 bits per heavy atom. The van der Waals surface area contributed by atoms with Crippen LogP contribution in [0.3, 0.4) is 0 Å². The van der Waals surface area contributed by atoms with Crippen molar-refractivity contribution in [3.8, 4) is 5.75 Å². The van der Waals surface area contributed by atoms with Gasteiger partial charge >= 0.3 is 0 Å². The van der Waals surface area contributed by atoms with Crippen LogP contribution in [0.25, 0.3) is 0 Å². The van der Waals surface area contributed by atoms with Crippen molar-refractivity contribution in [1.82, 2.24) is 5.32 Å². The van der Waals surface area contributed by atoms with Gasteiger partial charge in [0.1, 0.15) is 5.75 Å². The van der Waals surface area contributed by atoms with E-state index in [0.717, 1.165) is 42.9 Å². The molecule has 1 aliphatic rings. The number of hydrogen-bond donors (Lipinski definition) is 2. The SMILES string of the molecule is CCOc1ccc(NC(=O)C2(C)CCCNC2)c(C)c1. The fraction of sp³-hybridized carbons (Fsp3) is 0.562. The Morgan fingerprint density at radius 2 is 2.30 bits per heavy atom. The van der Waals surface area contributed by atoms with Crippen LogP contribution in [-0.4, -0.2) is 25.6 Å². The van der Waals surface area contributed by atoms with E-state index in [1.54, 1.807) is 0 Å². The van der Waals surface area contributed by atoms with E-state index >= 15 is 0 Å². The Kier molecular flexibility index (Phi) is 4.65. The molecule has 2 N–H and O–H groups in total. The van der Waals surface area contributed by atoms with E-state index in [4.69, 9.17) is 4.74 Å². The van der Waals surface area contributed by atoms with Crippen molar-refractivity contribution in [2.45, 2.75) is 33.6 Å². The van der Waals surface area contributed by atoms with Crippen LogP contribution in [0.15, 0.2) is 18.2 Å². The Bertz CT molecular complexity index is 479. The zero-order valence-electron chi connectivity index (χ0n) is 12.6. The fourth-order valence-corrected chi connectivity index (χ4v) is 2.56. The van der Waals surface area contributed by atoms with Gasteiger partial charge in [-0.15, -0.1) is 0 Å². The van der Waals surface area contributed by atoms with Gasteiger partial charge in [-0.1, -0.05) is 0 Å². The van der Waals surface area contributed by atoms with E-state index < -0.39 is 0 Å². The second kappa shape index (κ2) is 6.27. The highest BCUT2D eigenvalue weighted by molar-refractivity contribution is 5.96. The van der Waals surface area contributed by atoms with Gasteiger partial charge in [-0.25, -0.2) is 0 Å². The van der Waals surface area contributed by atoms with E-state index in [-0.39, 0.29) is 11.3 Å². The minimum atomic E-state index is -0.316. The summed E-state index contributed by atoms with van der Waals surface area (Å²) in [5.74, 6) is 0.936. The van der Waals surface area contributed by atoms with Gasteiger partial charge in [0.25, 0.3) is 0 Å². The van der Waals surface area contributed by atoms with E-state index in [0.29, 0.717) is 6.61 Å². The normalized spacial score (nSPS) is 22.4. The van der Waals surface area contributed by atoms with Crippen LogP contribution in [0.2, 0.25) is 0 Å². The van der Waals surface area contributed by atoms with Crippen LogP contribution in [0.1, 0.15) is 32.3 Å². The van der Waals surface area contributed by atoms with Gasteiger partial charge in [0.05, 0.1) is 12.0 Å². The zero-order valence-corrected chi connectivity index (χ0v) is 12.6. The van der Waals surface area contributed by atoms with Crippen molar-refractivity contribution in [2.24, 2.45) is 5.41 Å². The molecule has 0 bridgehead atoms. The Balaban J connectivity index is 2.07. The van der Waals surface area contributed by atoms with Crippen LogP contribution < -0.4 is 15.4 Å². The fourth-order valence-electron chi connectivity index (χ4n) is 2.56. The third-order valence-electron chi connectivity index (χ3n) is 3.90. The highest BCUT2D eigenvalue weighted by Crippen LogP contribution is 2.29. The predicted octanol–water partition coefficient (Wildman–Crippen LogP) is 2.72. The molecule has 1 aliphatic heterocycles. The quantitative estimate of drug-likeness (QED) is 0.889. The van der Waals surface area contributed by atoms with E-state index in [9.17, 15) is 4.79 Å². The molecule has 0 spiro atoms. The van der Waals surface area contributed by atoms with Crippen molar-refractivity contribution in [2.75, 3.05) is 25.0 Å². The molecule has 0 saturated carbocycles. The minimum Gasteiger partial charge on any atom is -0.494 e. The number of carbonyl (C=O) groups excluding carboxylic acids is 1. The number of piperidine rings is 1. The molecule has 4 heteroatoms. The van der Waals surface area contributed by atoms with Crippen LogP contribution in [0.4, 0.5) is 5.69 Å². The molecule has 1 unspecified atom stereocenters. The lowest BCUT2D eigenvalue weighted by Crippen LogP contribution is -2.46. The van der Waals surface area contributed by atoms with Crippen molar-refractivity contribution in [1.29, 1.82) is 0 Å². The van der Waals surface area contributed by atoms with Crippen LogP contribution in [-0.2, 0) is 4.79 Å². The summed E-state index contributed by atoms with van der Waals surface area (Å²) in [7, 11) is 0. The number of hydrogen-bond acceptors (Lipinski definition) is 3. The second-order valence-corrected chi connectivity index (χ2v) is 5.70. The molecule has 1 saturated heterocycles. The molecule has 0 aliphatic carbocycles. The van der Waals surface area contributed by atoms with Crippen molar-refractivity contribution in [3.05, 3.63) is 23.8 Å². The molecule has 1 aromatic carbocycles. The lowest BCUT2D eigenvalue weighted by molar-refractivity contribution is -0.125. The molecule has 2 rings (SSSR count). The summed E-state index contributed by atoms with van der Waals surface area (Å²) < 4.78 is 5.46. The van der Waals surface area contributed by atoms with Crippen LogP contribution in [0, 0.1) is 12.3 Å². The number of carbonyl (C=O) groups is 1. The Morgan fingerprint density at radius 3 is 2.90 bits per heavy atom. The maximum absolute atomic E-state index is 12.5. The number of benzene rings is 1. The van der Waals surface area contributed by atoms with Gasteiger partial charge < -0.3 is 15.4 Å². The van der Waals surface area contributed by atoms with Gasteiger partial charge in [-0.2, -0.15) is 0 Å². The molecule has 20 heavy (non-hydrogen) atoms. The van der Waals surface area contributed by atoms with Gasteiger partial charge in [-0.05, 0) is 63.9 Å². The Labute approximate surface area is 120 Å². The molecule has 1 fully saturated rings. The van der Waals surface area contributed by atoms with Gasteiger partial charge in [0.2, 0.25) is 5.91 Å². The van der Waals surface area contributed by atoms with Crippen molar-refractivity contribution < 1.29 is 9.53 Å². The van der Waals surface area contributed by atoms with Gasteiger partial charge in [0, 0.05) is 12.2 Å². The summed E-state index contributed by atoms with van der Waals surface area (Å²) in [5, 5.41) is 6.36. The molecular weight excluding hydrogens is 252 g/mol. The first-order valence-corrected chi connectivity index (χ1v) is 7.31. The molecule has 0 radical (unpaired) electrons. The monoisotopic (exact) mass is 276 g/mol. The number of rotatable bonds is 4. The molecular formula is C16H24N2O2. The first kappa shape index (κ1) is 14.9. The van der Waals surface area contributed by atoms with Crippen LogP contribution in [0.5, 0.6) is 5.75 Å².